The van der Waals surface area contributed by atoms with Crippen LogP contribution in [0.2, 0.25) is 0 Å². The monoisotopic (exact) mass is 1170 g/mol. The van der Waals surface area contributed by atoms with Crippen molar-refractivity contribution in [3.8, 4) is 0 Å². The van der Waals surface area contributed by atoms with E-state index in [4.69, 9.17) is 37.5 Å². The van der Waals surface area contributed by atoms with Gasteiger partial charge in [-0.05, 0) is 38.5 Å². The first-order valence-corrected chi connectivity index (χ1v) is 31.5. The Morgan fingerprint density at radius 2 is 0.825 bits per heavy atom. The Labute approximate surface area is 473 Å². The second-order valence-corrected chi connectivity index (χ2v) is 23.3. The fourth-order valence-electron chi connectivity index (χ4n) is 10.1. The molecule has 80 heavy (non-hydrogen) atoms. The lowest BCUT2D eigenvalue weighted by Gasteiger charge is -2.49. The van der Waals surface area contributed by atoms with E-state index in [0.29, 0.717) is 12.8 Å². The summed E-state index contributed by atoms with van der Waals surface area (Å²) in [5, 5.41) is 117. The molecule has 0 amide bonds. The Morgan fingerprint density at radius 3 is 1.24 bits per heavy atom. The number of esters is 2. The molecule has 3 fully saturated rings. The van der Waals surface area contributed by atoms with Crippen molar-refractivity contribution in [1.29, 1.82) is 0 Å². The number of hydrogen-bond acceptors (Lipinski definition) is 22. The standard InChI is InChI=1S/C56H103O23P/c1-3-5-7-9-11-13-15-17-18-19-21-23-25-27-29-31-33-42(60)74-38(36-72-41(59)32-30-28-26-24-22-20-16-14-12-10-8-6-4-2)37-73-80(70,71)79-54-52(77-55-50(68)45(63)43(61)39(34-57)75-55)48(66)47(65)49(67)53(54)78-56-51(69)46(64)44(62)40(35-58)76-56/h20,22,38-40,43-58,61-69H,3-19,21,23-37H2,1-2H3,(H,70,71)/b22-20-. The molecule has 0 aromatic rings. The maximum absolute atomic E-state index is 14.0. The van der Waals surface area contributed by atoms with Crippen LogP contribution in [0.15, 0.2) is 12.2 Å². The number of unbranched alkanes of at least 4 members (excludes halogenated alkanes) is 24. The normalized spacial score (nSPS) is 31.3. The van der Waals surface area contributed by atoms with Crippen molar-refractivity contribution in [1.82, 2.24) is 0 Å². The van der Waals surface area contributed by atoms with Gasteiger partial charge in [0.2, 0.25) is 0 Å². The summed E-state index contributed by atoms with van der Waals surface area (Å²) in [6, 6.07) is 0. The van der Waals surface area contributed by atoms with Crippen molar-refractivity contribution in [2.75, 3.05) is 26.4 Å². The molecule has 16 unspecified atom stereocenters. The highest BCUT2D eigenvalue weighted by atomic mass is 31.2. The number of allylic oxidation sites excluding steroid dienone is 2. The van der Waals surface area contributed by atoms with Crippen LogP contribution in [0.5, 0.6) is 0 Å². The first-order chi connectivity index (χ1) is 38.4. The van der Waals surface area contributed by atoms with E-state index in [-0.39, 0.29) is 12.8 Å². The predicted octanol–water partition coefficient (Wildman–Crippen LogP) is 4.32. The highest BCUT2D eigenvalue weighted by Gasteiger charge is 2.58. The number of phosphoric ester groups is 1. The van der Waals surface area contributed by atoms with E-state index in [2.05, 4.69) is 26.0 Å². The van der Waals surface area contributed by atoms with Crippen LogP contribution >= 0.6 is 7.82 Å². The van der Waals surface area contributed by atoms with Crippen LogP contribution in [0, 0.1) is 0 Å². The number of rotatable bonds is 44. The fourth-order valence-corrected chi connectivity index (χ4v) is 11.0. The van der Waals surface area contributed by atoms with E-state index in [1.807, 2.05) is 0 Å². The molecule has 1 aliphatic carbocycles. The van der Waals surface area contributed by atoms with Crippen LogP contribution in [0.3, 0.4) is 0 Å². The van der Waals surface area contributed by atoms with Gasteiger partial charge in [0.25, 0.3) is 0 Å². The lowest BCUT2D eigenvalue weighted by Crippen LogP contribution is -2.69. The van der Waals surface area contributed by atoms with Crippen molar-refractivity contribution in [2.45, 2.75) is 304 Å². The number of phosphoric acid groups is 1. The van der Waals surface area contributed by atoms with Gasteiger partial charge in [0.1, 0.15) is 92.1 Å². The Bertz CT molecular complexity index is 1640. The molecule has 0 bridgehead atoms. The Morgan fingerprint density at radius 1 is 0.463 bits per heavy atom. The third kappa shape index (κ3) is 26.6. The molecule has 2 aliphatic heterocycles. The molecular weight excluding hydrogens is 1070 g/mol. The van der Waals surface area contributed by atoms with E-state index >= 15 is 0 Å². The minimum absolute atomic E-state index is 0.0301. The minimum atomic E-state index is -5.64. The van der Waals surface area contributed by atoms with Crippen molar-refractivity contribution in [3.05, 3.63) is 12.2 Å². The maximum Gasteiger partial charge on any atom is 0.472 e. The van der Waals surface area contributed by atoms with E-state index in [0.717, 1.165) is 64.2 Å². The van der Waals surface area contributed by atoms with Gasteiger partial charge < -0.3 is 89.5 Å². The lowest BCUT2D eigenvalue weighted by atomic mass is 9.84. The average molecular weight is 1180 g/mol. The second-order valence-electron chi connectivity index (χ2n) is 21.9. The molecule has 2 saturated heterocycles. The number of aliphatic hydroxyl groups is 11. The molecule has 470 valence electrons. The molecule has 3 rings (SSSR count). The van der Waals surface area contributed by atoms with Gasteiger partial charge in [0, 0.05) is 12.8 Å². The van der Waals surface area contributed by atoms with Crippen molar-refractivity contribution in [3.63, 3.8) is 0 Å². The smallest absolute Gasteiger partial charge is 0.462 e. The van der Waals surface area contributed by atoms with Gasteiger partial charge >= 0.3 is 19.8 Å². The van der Waals surface area contributed by atoms with Crippen molar-refractivity contribution in [2.24, 2.45) is 0 Å². The zero-order valence-electron chi connectivity index (χ0n) is 47.6. The van der Waals surface area contributed by atoms with Crippen molar-refractivity contribution < 1.29 is 113 Å². The Hall–Kier alpha value is -1.81. The van der Waals surface area contributed by atoms with Crippen LogP contribution in [-0.2, 0) is 51.6 Å². The van der Waals surface area contributed by atoms with Gasteiger partial charge in [-0.2, -0.15) is 0 Å². The molecule has 3 aliphatic rings. The molecular formula is C56H103O23P. The zero-order valence-corrected chi connectivity index (χ0v) is 48.5. The van der Waals surface area contributed by atoms with Crippen molar-refractivity contribution >= 4 is 19.8 Å². The molecule has 0 radical (unpaired) electrons. The highest BCUT2D eigenvalue weighted by molar-refractivity contribution is 7.47. The summed E-state index contributed by atoms with van der Waals surface area (Å²) in [6.07, 6.45) is -0.919. The van der Waals surface area contributed by atoms with Gasteiger partial charge in [0.15, 0.2) is 18.7 Å². The topological polar surface area (TPSA) is 368 Å². The molecule has 24 heteroatoms. The van der Waals surface area contributed by atoms with E-state index < -0.39 is 150 Å². The summed E-state index contributed by atoms with van der Waals surface area (Å²) in [5.74, 6) is -1.34. The van der Waals surface area contributed by atoms with Gasteiger partial charge in [0.05, 0.1) is 19.8 Å². The molecule has 0 aromatic heterocycles. The van der Waals surface area contributed by atoms with Crippen LogP contribution in [-0.4, -0.2) is 204 Å². The second kappa shape index (κ2) is 41.3. The van der Waals surface area contributed by atoms with E-state index in [9.17, 15) is 75.2 Å². The quantitative estimate of drug-likeness (QED) is 0.0175. The minimum Gasteiger partial charge on any atom is -0.462 e. The summed E-state index contributed by atoms with van der Waals surface area (Å²) >= 11 is 0. The molecule has 23 nitrogen and oxygen atoms in total. The third-order valence-corrected chi connectivity index (χ3v) is 16.1. The molecule has 1 saturated carbocycles. The van der Waals surface area contributed by atoms with Crippen LogP contribution < -0.4 is 0 Å². The van der Waals surface area contributed by atoms with Gasteiger partial charge in [-0.1, -0.05) is 161 Å². The Balaban J connectivity index is 1.70. The van der Waals surface area contributed by atoms with E-state index in [1.54, 1.807) is 0 Å². The summed E-state index contributed by atoms with van der Waals surface area (Å²) in [6.45, 7) is 0.998. The zero-order chi connectivity index (χ0) is 58.9. The summed E-state index contributed by atoms with van der Waals surface area (Å²) in [4.78, 5) is 37.5. The maximum atomic E-state index is 14.0. The summed E-state index contributed by atoms with van der Waals surface area (Å²) in [7, 11) is -5.64. The van der Waals surface area contributed by atoms with Crippen LogP contribution in [0.1, 0.15) is 200 Å². The van der Waals surface area contributed by atoms with E-state index in [1.165, 1.54) is 96.3 Å². The number of aliphatic hydroxyl groups excluding tert-OH is 11. The largest absolute Gasteiger partial charge is 0.472 e. The highest BCUT2D eigenvalue weighted by Crippen LogP contribution is 2.49. The van der Waals surface area contributed by atoms with Gasteiger partial charge in [-0.3, -0.25) is 18.6 Å². The lowest BCUT2D eigenvalue weighted by molar-refractivity contribution is -0.360. The molecule has 16 atom stereocenters. The first kappa shape index (κ1) is 72.4. The summed E-state index contributed by atoms with van der Waals surface area (Å²) < 4.78 is 58.1. The number of carbonyl (C=O) groups excluding carboxylic acids is 2. The molecule has 0 aromatic carbocycles. The summed E-state index contributed by atoms with van der Waals surface area (Å²) in [5.41, 5.74) is 0. The first-order valence-electron chi connectivity index (χ1n) is 30.0. The number of ether oxygens (including phenoxy) is 6. The third-order valence-electron chi connectivity index (χ3n) is 15.1. The van der Waals surface area contributed by atoms with Gasteiger partial charge in [-0.15, -0.1) is 0 Å². The van der Waals surface area contributed by atoms with Crippen LogP contribution in [0.25, 0.3) is 0 Å². The van der Waals surface area contributed by atoms with Crippen LogP contribution in [0.4, 0.5) is 0 Å². The molecule has 12 N–H and O–H groups in total. The predicted molar refractivity (Wildman–Crippen MR) is 291 cm³/mol. The SMILES string of the molecule is CCCCCCCC/C=C\CCCCCC(=O)OCC(COP(=O)(O)OC1C(OC2OC(CO)C(O)C(O)C2O)C(O)C(O)C(O)C1OC1OC(CO)C(O)C(O)C1O)OC(=O)CCCCCCCCCCCCCCCCCC. The number of carbonyl (C=O) groups is 2. The molecule has 0 spiro atoms. The Kier molecular flexibility index (Phi) is 37.4. The number of hydrogen-bond donors (Lipinski definition) is 12. The van der Waals surface area contributed by atoms with Gasteiger partial charge in [-0.25, -0.2) is 4.57 Å². The average Bonchev–Trinajstić information content (AvgIpc) is 3.46. The fraction of sp³-hybridized carbons (Fsp3) is 0.929. The molecule has 2 heterocycles.